The van der Waals surface area contributed by atoms with Gasteiger partial charge in [-0.25, -0.2) is 0 Å². The molecule has 74 valence electrons. The second kappa shape index (κ2) is 3.39. The van der Waals surface area contributed by atoms with E-state index in [2.05, 4.69) is 29.6 Å². The van der Waals surface area contributed by atoms with E-state index in [1.54, 1.807) is 11.1 Å². The van der Waals surface area contributed by atoms with E-state index in [-0.39, 0.29) is 0 Å². The van der Waals surface area contributed by atoms with Gasteiger partial charge < -0.3 is 5.32 Å². The van der Waals surface area contributed by atoms with Gasteiger partial charge in [0.05, 0.1) is 0 Å². The zero-order chi connectivity index (χ0) is 9.38. The second-order valence-corrected chi connectivity index (χ2v) is 4.55. The molecule has 3 rings (SSSR count). The van der Waals surface area contributed by atoms with Gasteiger partial charge in [-0.2, -0.15) is 0 Å². The van der Waals surface area contributed by atoms with Crippen molar-refractivity contribution < 1.29 is 0 Å². The van der Waals surface area contributed by atoms with E-state index < -0.39 is 0 Å². The van der Waals surface area contributed by atoms with Gasteiger partial charge >= 0.3 is 0 Å². The van der Waals surface area contributed by atoms with E-state index >= 15 is 0 Å². The van der Waals surface area contributed by atoms with Crippen LogP contribution in [-0.4, -0.2) is 12.6 Å². The van der Waals surface area contributed by atoms with Crippen molar-refractivity contribution in [2.75, 3.05) is 6.54 Å². The fourth-order valence-electron chi connectivity index (χ4n) is 3.06. The first-order valence-electron chi connectivity index (χ1n) is 5.76. The van der Waals surface area contributed by atoms with Crippen LogP contribution >= 0.6 is 0 Å². The summed E-state index contributed by atoms with van der Waals surface area (Å²) in [5, 5.41) is 3.64. The van der Waals surface area contributed by atoms with E-state index in [0.29, 0.717) is 0 Å². The largest absolute Gasteiger partial charge is 0.313 e. The summed E-state index contributed by atoms with van der Waals surface area (Å²) >= 11 is 0. The molecule has 2 aliphatic rings. The van der Waals surface area contributed by atoms with E-state index in [1.165, 1.54) is 32.2 Å². The number of aryl methyl sites for hydroxylation is 1. The summed E-state index contributed by atoms with van der Waals surface area (Å²) in [6, 6.07) is 9.74. The standard InChI is InChI=1S/C13H17N/c1-2-5-11-10(4-1)7-8-12(11)13-6-3-9-14-13/h1-2,4-5,12-14H,3,6-9H2. The van der Waals surface area contributed by atoms with Crippen molar-refractivity contribution in [2.24, 2.45) is 0 Å². The average molecular weight is 187 g/mol. The number of hydrogen-bond acceptors (Lipinski definition) is 1. The maximum absolute atomic E-state index is 3.64. The highest BCUT2D eigenvalue weighted by Gasteiger charge is 2.30. The molecule has 0 amide bonds. The minimum atomic E-state index is 0.763. The van der Waals surface area contributed by atoms with Crippen molar-refractivity contribution in [3.63, 3.8) is 0 Å². The lowest BCUT2D eigenvalue weighted by Gasteiger charge is -2.19. The first-order valence-corrected chi connectivity index (χ1v) is 5.76. The van der Waals surface area contributed by atoms with Crippen LogP contribution in [0.4, 0.5) is 0 Å². The van der Waals surface area contributed by atoms with Crippen molar-refractivity contribution in [3.05, 3.63) is 35.4 Å². The van der Waals surface area contributed by atoms with E-state index in [4.69, 9.17) is 0 Å². The monoisotopic (exact) mass is 187 g/mol. The minimum Gasteiger partial charge on any atom is -0.313 e. The summed E-state index contributed by atoms with van der Waals surface area (Å²) in [6.45, 7) is 1.23. The molecule has 2 atom stereocenters. The predicted octanol–water partition coefficient (Wildman–Crippen LogP) is 2.47. The molecule has 1 fully saturated rings. The third kappa shape index (κ3) is 1.27. The Kier molecular flexibility index (Phi) is 2.06. The molecule has 0 radical (unpaired) electrons. The molecule has 1 N–H and O–H groups in total. The molecule has 0 spiro atoms. The van der Waals surface area contributed by atoms with Crippen molar-refractivity contribution in [3.8, 4) is 0 Å². The molecule has 2 unspecified atom stereocenters. The van der Waals surface area contributed by atoms with Gasteiger partial charge in [-0.05, 0) is 49.3 Å². The highest BCUT2D eigenvalue weighted by atomic mass is 14.9. The zero-order valence-electron chi connectivity index (χ0n) is 8.50. The first kappa shape index (κ1) is 8.49. The molecule has 0 aromatic heterocycles. The lowest BCUT2D eigenvalue weighted by Crippen LogP contribution is -2.27. The van der Waals surface area contributed by atoms with Crippen molar-refractivity contribution in [2.45, 2.75) is 37.6 Å². The molecule has 1 aromatic rings. The molecule has 1 aliphatic heterocycles. The summed E-state index contributed by atoms with van der Waals surface area (Å²) in [5.41, 5.74) is 3.21. The van der Waals surface area contributed by atoms with Gasteiger partial charge in [-0.15, -0.1) is 0 Å². The van der Waals surface area contributed by atoms with Crippen molar-refractivity contribution >= 4 is 0 Å². The minimum absolute atomic E-state index is 0.763. The highest BCUT2D eigenvalue weighted by molar-refractivity contribution is 5.36. The zero-order valence-corrected chi connectivity index (χ0v) is 8.50. The topological polar surface area (TPSA) is 12.0 Å². The van der Waals surface area contributed by atoms with Gasteiger partial charge in [0.25, 0.3) is 0 Å². The maximum Gasteiger partial charge on any atom is 0.0136 e. The van der Waals surface area contributed by atoms with Crippen LogP contribution in [0.15, 0.2) is 24.3 Å². The summed E-state index contributed by atoms with van der Waals surface area (Å²) in [5.74, 6) is 0.800. The van der Waals surface area contributed by atoms with Gasteiger partial charge in [0, 0.05) is 6.04 Å². The molecule has 1 nitrogen and oxygen atoms in total. The number of hydrogen-bond donors (Lipinski definition) is 1. The summed E-state index contributed by atoms with van der Waals surface area (Å²) in [4.78, 5) is 0. The smallest absolute Gasteiger partial charge is 0.0136 e. The van der Waals surface area contributed by atoms with Crippen LogP contribution in [-0.2, 0) is 6.42 Å². The molecule has 1 aromatic carbocycles. The molecule has 1 aliphatic carbocycles. The lowest BCUT2D eigenvalue weighted by atomic mass is 9.92. The average Bonchev–Trinajstić information content (AvgIpc) is 2.85. The molecule has 1 heteroatoms. The van der Waals surface area contributed by atoms with Crippen LogP contribution in [0, 0.1) is 0 Å². The fraction of sp³-hybridized carbons (Fsp3) is 0.538. The van der Waals surface area contributed by atoms with Crippen LogP contribution in [0.3, 0.4) is 0 Å². The predicted molar refractivity (Wildman–Crippen MR) is 58.5 cm³/mol. The third-order valence-electron chi connectivity index (χ3n) is 3.76. The molecule has 14 heavy (non-hydrogen) atoms. The van der Waals surface area contributed by atoms with Crippen LogP contribution in [0.2, 0.25) is 0 Å². The van der Waals surface area contributed by atoms with Crippen LogP contribution in [0.1, 0.15) is 36.3 Å². The SMILES string of the molecule is c1ccc2c(c1)CCC2C1CCCN1. The van der Waals surface area contributed by atoms with Crippen molar-refractivity contribution in [1.29, 1.82) is 0 Å². The van der Waals surface area contributed by atoms with Crippen LogP contribution in [0.25, 0.3) is 0 Å². The Labute approximate surface area is 85.5 Å². The molecule has 0 saturated carbocycles. The Morgan fingerprint density at radius 3 is 2.93 bits per heavy atom. The normalized spacial score (nSPS) is 30.6. The Morgan fingerprint density at radius 1 is 1.14 bits per heavy atom. The first-order chi connectivity index (χ1) is 6.95. The summed E-state index contributed by atoms with van der Waals surface area (Å²) in [6.07, 6.45) is 5.39. The van der Waals surface area contributed by atoms with E-state index in [1.807, 2.05) is 0 Å². The van der Waals surface area contributed by atoms with Gasteiger partial charge in [-0.3, -0.25) is 0 Å². The van der Waals surface area contributed by atoms with E-state index in [0.717, 1.165) is 12.0 Å². The number of nitrogens with one attached hydrogen (secondary N) is 1. The summed E-state index contributed by atoms with van der Waals surface area (Å²) in [7, 11) is 0. The second-order valence-electron chi connectivity index (χ2n) is 4.55. The van der Waals surface area contributed by atoms with Crippen LogP contribution in [0.5, 0.6) is 0 Å². The summed E-state index contributed by atoms with van der Waals surface area (Å²) < 4.78 is 0. The lowest BCUT2D eigenvalue weighted by molar-refractivity contribution is 0.486. The van der Waals surface area contributed by atoms with Gasteiger partial charge in [0.1, 0.15) is 0 Å². The molecular formula is C13H17N. The Balaban J connectivity index is 1.89. The van der Waals surface area contributed by atoms with Crippen LogP contribution < -0.4 is 5.32 Å². The Bertz CT molecular complexity index is 326. The highest BCUT2D eigenvalue weighted by Crippen LogP contribution is 2.37. The Morgan fingerprint density at radius 2 is 2.07 bits per heavy atom. The van der Waals surface area contributed by atoms with Gasteiger partial charge in [-0.1, -0.05) is 24.3 Å². The van der Waals surface area contributed by atoms with Gasteiger partial charge in [0.15, 0.2) is 0 Å². The maximum atomic E-state index is 3.64. The fourth-order valence-corrected chi connectivity index (χ4v) is 3.06. The molecule has 1 saturated heterocycles. The quantitative estimate of drug-likeness (QED) is 0.712. The number of fused-ring (bicyclic) bond motifs is 1. The molecule has 0 bridgehead atoms. The van der Waals surface area contributed by atoms with Gasteiger partial charge in [0.2, 0.25) is 0 Å². The van der Waals surface area contributed by atoms with E-state index in [9.17, 15) is 0 Å². The number of rotatable bonds is 1. The Hall–Kier alpha value is -0.820. The number of benzene rings is 1. The third-order valence-corrected chi connectivity index (χ3v) is 3.76. The molecular weight excluding hydrogens is 170 g/mol. The van der Waals surface area contributed by atoms with Crippen molar-refractivity contribution in [1.82, 2.24) is 5.32 Å². The molecule has 1 heterocycles.